The van der Waals surface area contributed by atoms with Crippen molar-refractivity contribution in [2.75, 3.05) is 26.4 Å². The highest BCUT2D eigenvalue weighted by Gasteiger charge is 2.22. The van der Waals surface area contributed by atoms with Gasteiger partial charge in [-0.3, -0.25) is 0 Å². The molecule has 2 atom stereocenters. The minimum absolute atomic E-state index is 0.448. The number of benzene rings is 1. The van der Waals surface area contributed by atoms with E-state index in [-0.39, 0.29) is 0 Å². The van der Waals surface area contributed by atoms with E-state index in [1.165, 1.54) is 21.8 Å². The lowest BCUT2D eigenvalue weighted by atomic mass is 10.0. The first kappa shape index (κ1) is 15.1. The van der Waals surface area contributed by atoms with Gasteiger partial charge in [-0.15, -0.1) is 11.3 Å². The van der Waals surface area contributed by atoms with E-state index in [1.807, 2.05) is 23.1 Å². The van der Waals surface area contributed by atoms with Gasteiger partial charge in [0.05, 0.1) is 6.04 Å². The van der Waals surface area contributed by atoms with E-state index in [1.54, 1.807) is 0 Å². The van der Waals surface area contributed by atoms with Crippen molar-refractivity contribution in [1.29, 1.82) is 0 Å². The molecule has 2 unspecified atom stereocenters. The number of thioether (sulfide) groups is 1. The molecule has 1 aliphatic rings. The molecule has 1 aromatic carbocycles. The van der Waals surface area contributed by atoms with E-state index >= 15 is 0 Å². The zero-order chi connectivity index (χ0) is 14.7. The van der Waals surface area contributed by atoms with Crippen molar-refractivity contribution in [3.8, 4) is 0 Å². The summed E-state index contributed by atoms with van der Waals surface area (Å²) in [4.78, 5) is 3.74. The second-order valence-corrected chi connectivity index (χ2v) is 7.68. The van der Waals surface area contributed by atoms with Crippen molar-refractivity contribution in [3.63, 3.8) is 0 Å². The predicted octanol–water partition coefficient (Wildman–Crippen LogP) is 3.93. The normalized spacial score (nSPS) is 19.5. The van der Waals surface area contributed by atoms with Gasteiger partial charge in [0.25, 0.3) is 0 Å². The molecule has 0 amide bonds. The van der Waals surface area contributed by atoms with E-state index in [0.717, 1.165) is 12.3 Å². The highest BCUT2D eigenvalue weighted by molar-refractivity contribution is 7.98. The first-order valence-electron chi connectivity index (χ1n) is 7.34. The molecule has 1 N–H and O–H groups in total. The standard InChI is InChI=1S/C17H22N2S2/c1-19(2)16(17-8-5-9-21-17)10-18-15-12-20-11-13-6-3-4-7-14(13)15/h3-9,15-16,18H,10-12H2,1-2H3. The molecular formula is C17H22N2S2. The third-order valence-corrected chi connectivity index (χ3v) is 6.08. The maximum Gasteiger partial charge on any atom is 0.0561 e. The first-order chi connectivity index (χ1) is 10.3. The van der Waals surface area contributed by atoms with Crippen molar-refractivity contribution in [3.05, 3.63) is 57.8 Å². The Hall–Kier alpha value is -0.810. The Morgan fingerprint density at radius 1 is 1.24 bits per heavy atom. The molecule has 0 aliphatic carbocycles. The lowest BCUT2D eigenvalue weighted by Gasteiger charge is -2.30. The molecule has 2 heterocycles. The molecule has 0 radical (unpaired) electrons. The second-order valence-electron chi connectivity index (χ2n) is 5.67. The van der Waals surface area contributed by atoms with Crippen LogP contribution < -0.4 is 5.32 Å². The lowest BCUT2D eigenvalue weighted by Crippen LogP contribution is -2.35. The van der Waals surface area contributed by atoms with E-state index in [2.05, 4.69) is 66.1 Å². The minimum atomic E-state index is 0.448. The average Bonchev–Trinajstić information content (AvgIpc) is 3.01. The van der Waals surface area contributed by atoms with Gasteiger partial charge in [0.15, 0.2) is 0 Å². The van der Waals surface area contributed by atoms with Crippen LogP contribution >= 0.6 is 23.1 Å². The Kier molecular flexibility index (Phi) is 5.01. The summed E-state index contributed by atoms with van der Waals surface area (Å²) in [6, 6.07) is 14.2. The molecule has 0 bridgehead atoms. The predicted molar refractivity (Wildman–Crippen MR) is 94.1 cm³/mol. The number of nitrogens with zero attached hydrogens (tertiary/aromatic N) is 1. The summed E-state index contributed by atoms with van der Waals surface area (Å²) in [5, 5.41) is 5.96. The SMILES string of the molecule is CN(C)C(CNC1CSCc2ccccc21)c1cccs1. The van der Waals surface area contributed by atoms with Crippen LogP contribution in [0.4, 0.5) is 0 Å². The molecule has 1 aromatic heterocycles. The number of likely N-dealkylation sites (N-methyl/N-ethyl adjacent to an activating group) is 1. The number of fused-ring (bicyclic) bond motifs is 1. The summed E-state index contributed by atoms with van der Waals surface area (Å²) < 4.78 is 0. The molecule has 0 saturated carbocycles. The fourth-order valence-electron chi connectivity index (χ4n) is 2.82. The smallest absolute Gasteiger partial charge is 0.0561 e. The Labute approximate surface area is 135 Å². The van der Waals surface area contributed by atoms with Crippen molar-refractivity contribution >= 4 is 23.1 Å². The van der Waals surface area contributed by atoms with Gasteiger partial charge in [-0.05, 0) is 36.7 Å². The number of hydrogen-bond donors (Lipinski definition) is 1. The highest BCUT2D eigenvalue weighted by Crippen LogP contribution is 2.32. The van der Waals surface area contributed by atoms with E-state index < -0.39 is 0 Å². The van der Waals surface area contributed by atoms with Crippen molar-refractivity contribution in [1.82, 2.24) is 10.2 Å². The lowest BCUT2D eigenvalue weighted by molar-refractivity contribution is 0.286. The van der Waals surface area contributed by atoms with Gasteiger partial charge < -0.3 is 10.2 Å². The van der Waals surface area contributed by atoms with Gasteiger partial charge >= 0.3 is 0 Å². The van der Waals surface area contributed by atoms with Gasteiger partial charge in [0.1, 0.15) is 0 Å². The summed E-state index contributed by atoms with van der Waals surface area (Å²) >= 11 is 3.87. The largest absolute Gasteiger partial charge is 0.307 e. The van der Waals surface area contributed by atoms with Crippen LogP contribution in [0, 0.1) is 0 Å². The zero-order valence-electron chi connectivity index (χ0n) is 12.6. The van der Waals surface area contributed by atoms with Crippen molar-refractivity contribution < 1.29 is 0 Å². The van der Waals surface area contributed by atoms with Crippen LogP contribution in [-0.4, -0.2) is 31.3 Å². The van der Waals surface area contributed by atoms with Crippen LogP contribution in [0.3, 0.4) is 0 Å². The Bertz CT molecular complexity index is 566. The van der Waals surface area contributed by atoms with Gasteiger partial charge in [-0.2, -0.15) is 11.8 Å². The summed E-state index contributed by atoms with van der Waals surface area (Å²) in [7, 11) is 4.32. The zero-order valence-corrected chi connectivity index (χ0v) is 14.2. The fourth-order valence-corrected chi connectivity index (χ4v) is 4.88. The summed E-state index contributed by atoms with van der Waals surface area (Å²) in [6.07, 6.45) is 0. The molecule has 21 heavy (non-hydrogen) atoms. The van der Waals surface area contributed by atoms with Gasteiger partial charge in [-0.1, -0.05) is 30.3 Å². The van der Waals surface area contributed by atoms with Gasteiger partial charge in [-0.25, -0.2) is 0 Å². The number of nitrogens with one attached hydrogen (secondary N) is 1. The fraction of sp³-hybridized carbons (Fsp3) is 0.412. The van der Waals surface area contributed by atoms with Crippen LogP contribution in [0.1, 0.15) is 28.1 Å². The Balaban J connectivity index is 1.70. The third kappa shape index (κ3) is 3.51. The quantitative estimate of drug-likeness (QED) is 0.899. The Morgan fingerprint density at radius 3 is 2.86 bits per heavy atom. The molecule has 0 spiro atoms. The highest BCUT2D eigenvalue weighted by atomic mass is 32.2. The van der Waals surface area contributed by atoms with Crippen molar-refractivity contribution in [2.45, 2.75) is 17.8 Å². The first-order valence-corrected chi connectivity index (χ1v) is 9.38. The monoisotopic (exact) mass is 318 g/mol. The topological polar surface area (TPSA) is 15.3 Å². The van der Waals surface area contributed by atoms with E-state index in [9.17, 15) is 0 Å². The molecule has 2 nitrogen and oxygen atoms in total. The number of rotatable bonds is 5. The van der Waals surface area contributed by atoms with E-state index in [0.29, 0.717) is 12.1 Å². The molecular weight excluding hydrogens is 296 g/mol. The molecule has 112 valence electrons. The molecule has 1 aliphatic heterocycles. The molecule has 0 saturated heterocycles. The van der Waals surface area contributed by atoms with Gasteiger partial charge in [0, 0.05) is 29.0 Å². The van der Waals surface area contributed by atoms with Crippen LogP contribution in [0.2, 0.25) is 0 Å². The maximum atomic E-state index is 3.79. The van der Waals surface area contributed by atoms with Crippen LogP contribution in [0.15, 0.2) is 41.8 Å². The molecule has 2 aromatic rings. The third-order valence-electron chi connectivity index (χ3n) is 4.03. The van der Waals surface area contributed by atoms with Gasteiger partial charge in [0.2, 0.25) is 0 Å². The van der Waals surface area contributed by atoms with Crippen LogP contribution in [0.5, 0.6) is 0 Å². The second kappa shape index (κ2) is 6.97. The van der Waals surface area contributed by atoms with Crippen molar-refractivity contribution in [2.24, 2.45) is 0 Å². The maximum absolute atomic E-state index is 3.79. The molecule has 3 rings (SSSR count). The van der Waals surface area contributed by atoms with E-state index in [4.69, 9.17) is 0 Å². The molecule has 0 fully saturated rings. The molecule has 4 heteroatoms. The summed E-state index contributed by atoms with van der Waals surface area (Å²) in [5.41, 5.74) is 2.98. The summed E-state index contributed by atoms with van der Waals surface area (Å²) in [5.74, 6) is 2.32. The number of thiophene rings is 1. The minimum Gasteiger partial charge on any atom is -0.307 e. The Morgan fingerprint density at radius 2 is 2.10 bits per heavy atom. The van der Waals surface area contributed by atoms with Crippen LogP contribution in [0.25, 0.3) is 0 Å². The van der Waals surface area contributed by atoms with Crippen LogP contribution in [-0.2, 0) is 5.75 Å². The number of hydrogen-bond acceptors (Lipinski definition) is 4. The average molecular weight is 319 g/mol. The summed E-state index contributed by atoms with van der Waals surface area (Å²) in [6.45, 7) is 0.993.